The van der Waals surface area contributed by atoms with Crippen LogP contribution in [0.15, 0.2) is 23.8 Å². The molecule has 0 aromatic carbocycles. The lowest BCUT2D eigenvalue weighted by Gasteiger charge is -2.18. The van der Waals surface area contributed by atoms with E-state index >= 15 is 0 Å². The molecule has 0 heterocycles. The molecule has 0 amide bonds. The van der Waals surface area contributed by atoms with E-state index in [0.717, 1.165) is 0 Å². The van der Waals surface area contributed by atoms with Crippen molar-refractivity contribution >= 4 is 0 Å². The molecule has 61 valence electrons. The average Bonchev–Trinajstić information content (AvgIpc) is 1.94. The molecule has 0 aliphatic heterocycles. The monoisotopic (exact) mass is 151 g/mol. The highest BCUT2D eigenvalue weighted by molar-refractivity contribution is 5.32. The quantitative estimate of drug-likeness (QED) is 0.611. The Morgan fingerprint density at radius 3 is 2.55 bits per heavy atom. The maximum absolute atomic E-state index is 9.39. The van der Waals surface area contributed by atoms with Gasteiger partial charge >= 0.3 is 0 Å². The lowest BCUT2D eigenvalue weighted by Crippen LogP contribution is -2.09. The molecule has 0 bridgehead atoms. The Hall–Kier alpha value is -0.560. The molecule has 1 unspecified atom stereocenters. The lowest BCUT2D eigenvalue weighted by molar-refractivity contribution is 0.290. The third kappa shape index (κ3) is 1.93. The number of aliphatic hydroxyl groups excluding tert-OH is 1. The fourth-order valence-corrected chi connectivity index (χ4v) is 1.06. The van der Waals surface area contributed by atoms with Gasteiger partial charge in [-0.15, -0.1) is 0 Å². The van der Waals surface area contributed by atoms with Crippen LogP contribution in [0.25, 0.3) is 0 Å². The van der Waals surface area contributed by atoms with Crippen LogP contribution in [0.3, 0.4) is 0 Å². The molecule has 1 heteroatoms. The molecule has 1 atom stereocenters. The molecule has 0 saturated carbocycles. The van der Waals surface area contributed by atoms with Gasteiger partial charge in [-0.25, -0.2) is 0 Å². The first kappa shape index (κ1) is 8.54. The van der Waals surface area contributed by atoms with E-state index in [1.165, 1.54) is 5.57 Å². The predicted molar refractivity (Wildman–Crippen MR) is 46.4 cm³/mol. The van der Waals surface area contributed by atoms with E-state index in [2.05, 4.69) is 19.9 Å². The Bertz CT molecular complexity index is 189. The highest BCUT2D eigenvalue weighted by Crippen LogP contribution is 2.25. The van der Waals surface area contributed by atoms with Crippen molar-refractivity contribution in [3.63, 3.8) is 0 Å². The number of allylic oxidation sites excluding steroid dienone is 2. The Morgan fingerprint density at radius 2 is 2.09 bits per heavy atom. The normalized spacial score (nSPS) is 25.9. The Balaban J connectivity index is 2.72. The van der Waals surface area contributed by atoms with Crippen LogP contribution in [0.5, 0.6) is 0 Å². The van der Waals surface area contributed by atoms with Crippen molar-refractivity contribution in [2.24, 2.45) is 11.8 Å². The van der Waals surface area contributed by atoms with Crippen LogP contribution in [-0.4, -0.2) is 5.11 Å². The van der Waals surface area contributed by atoms with Crippen LogP contribution in [0, 0.1) is 17.9 Å². The second-order valence-electron chi connectivity index (χ2n) is 3.37. The van der Waals surface area contributed by atoms with Crippen LogP contribution < -0.4 is 0 Å². The second kappa shape index (κ2) is 3.22. The Morgan fingerprint density at radius 1 is 1.45 bits per heavy atom. The van der Waals surface area contributed by atoms with Gasteiger partial charge in [-0.3, -0.25) is 0 Å². The Labute approximate surface area is 68.4 Å². The molecule has 0 fully saturated rings. The maximum atomic E-state index is 9.39. The first-order valence-corrected chi connectivity index (χ1v) is 4.07. The third-order valence-electron chi connectivity index (χ3n) is 2.03. The van der Waals surface area contributed by atoms with Gasteiger partial charge in [0.25, 0.3) is 0 Å². The molecule has 0 aromatic heterocycles. The number of hydrogen-bond acceptors (Lipinski definition) is 1. The molecule has 0 spiro atoms. The predicted octanol–water partition coefficient (Wildman–Crippen LogP) is 2.68. The smallest absolute Gasteiger partial charge is 0.122 e. The topological polar surface area (TPSA) is 20.2 Å². The third-order valence-corrected chi connectivity index (χ3v) is 2.03. The summed E-state index contributed by atoms with van der Waals surface area (Å²) in [6, 6.07) is 0. The summed E-state index contributed by atoms with van der Waals surface area (Å²) in [4.78, 5) is 0. The van der Waals surface area contributed by atoms with E-state index in [1.54, 1.807) is 0 Å². The Kier molecular flexibility index (Phi) is 2.50. The van der Waals surface area contributed by atoms with Gasteiger partial charge in [0.2, 0.25) is 0 Å². The highest BCUT2D eigenvalue weighted by atomic mass is 16.3. The van der Waals surface area contributed by atoms with Gasteiger partial charge in [-0.1, -0.05) is 32.9 Å². The van der Waals surface area contributed by atoms with Gasteiger partial charge in [-0.2, -0.15) is 0 Å². The summed E-state index contributed by atoms with van der Waals surface area (Å²) in [7, 11) is 0. The van der Waals surface area contributed by atoms with Crippen molar-refractivity contribution in [1.82, 2.24) is 0 Å². The largest absolute Gasteiger partial charge is 0.382 e. The minimum absolute atomic E-state index is 0.192. The molecular formula is C10H15O. The summed E-state index contributed by atoms with van der Waals surface area (Å²) in [6.45, 7) is 6.23. The van der Waals surface area contributed by atoms with Crippen molar-refractivity contribution in [2.75, 3.05) is 0 Å². The van der Waals surface area contributed by atoms with E-state index < -0.39 is 0 Å². The summed E-state index contributed by atoms with van der Waals surface area (Å²) < 4.78 is 0. The van der Waals surface area contributed by atoms with Crippen LogP contribution in [-0.2, 0) is 0 Å². The van der Waals surface area contributed by atoms with Crippen LogP contribution in [0.2, 0.25) is 0 Å². The van der Waals surface area contributed by atoms with Crippen LogP contribution >= 0.6 is 0 Å². The zero-order chi connectivity index (χ0) is 8.43. The van der Waals surface area contributed by atoms with Crippen LogP contribution in [0.1, 0.15) is 20.8 Å². The summed E-state index contributed by atoms with van der Waals surface area (Å²) in [5.74, 6) is 0.693. The standard InChI is InChI=1S/C10H15O/c1-7(2)9-5-4-8(3)10(11)6-9/h4-8,11H,1-3H3. The van der Waals surface area contributed by atoms with Crippen molar-refractivity contribution in [3.05, 3.63) is 29.9 Å². The van der Waals surface area contributed by atoms with E-state index in [1.807, 2.05) is 19.1 Å². The minimum Gasteiger partial charge on any atom is -0.382 e. The number of aliphatic hydroxyl groups is 1. The summed E-state index contributed by atoms with van der Waals surface area (Å²) >= 11 is 0. The fraction of sp³-hybridized carbons (Fsp3) is 0.500. The maximum Gasteiger partial charge on any atom is 0.122 e. The van der Waals surface area contributed by atoms with E-state index in [0.29, 0.717) is 12.0 Å². The summed E-state index contributed by atoms with van der Waals surface area (Å²) in [5.41, 5.74) is 1.21. The van der Waals surface area contributed by atoms with Gasteiger partial charge in [0.1, 0.15) is 6.10 Å². The molecule has 1 radical (unpaired) electrons. The van der Waals surface area contributed by atoms with Crippen molar-refractivity contribution in [1.29, 1.82) is 0 Å². The first-order chi connectivity index (χ1) is 5.11. The molecule has 1 N–H and O–H groups in total. The van der Waals surface area contributed by atoms with Gasteiger partial charge in [0.15, 0.2) is 0 Å². The minimum atomic E-state index is 0.192. The lowest BCUT2D eigenvalue weighted by atomic mass is 9.90. The summed E-state index contributed by atoms with van der Waals surface area (Å²) in [5, 5.41) is 9.39. The molecule has 1 nitrogen and oxygen atoms in total. The molecule has 1 aliphatic carbocycles. The van der Waals surface area contributed by atoms with Crippen molar-refractivity contribution < 1.29 is 5.11 Å². The highest BCUT2D eigenvalue weighted by Gasteiger charge is 2.15. The summed E-state index contributed by atoms with van der Waals surface area (Å²) in [6.07, 6.45) is 6.48. The zero-order valence-corrected chi connectivity index (χ0v) is 7.33. The SMILES string of the molecule is CC1C=CC(C(C)C)=C[C]1O. The molecular weight excluding hydrogens is 136 g/mol. The van der Waals surface area contributed by atoms with Crippen molar-refractivity contribution in [3.8, 4) is 0 Å². The average molecular weight is 151 g/mol. The fourth-order valence-electron chi connectivity index (χ4n) is 1.06. The van der Waals surface area contributed by atoms with E-state index in [-0.39, 0.29) is 5.92 Å². The van der Waals surface area contributed by atoms with Crippen LogP contribution in [0.4, 0.5) is 0 Å². The first-order valence-electron chi connectivity index (χ1n) is 4.07. The molecule has 11 heavy (non-hydrogen) atoms. The van der Waals surface area contributed by atoms with E-state index in [4.69, 9.17) is 0 Å². The molecule has 1 aliphatic rings. The molecule has 1 rings (SSSR count). The van der Waals surface area contributed by atoms with Gasteiger partial charge in [0.05, 0.1) is 0 Å². The van der Waals surface area contributed by atoms with E-state index in [9.17, 15) is 5.11 Å². The van der Waals surface area contributed by atoms with Gasteiger partial charge < -0.3 is 5.11 Å². The molecule has 0 aromatic rings. The number of hydrogen-bond donors (Lipinski definition) is 1. The zero-order valence-electron chi connectivity index (χ0n) is 7.33. The van der Waals surface area contributed by atoms with Gasteiger partial charge in [0, 0.05) is 5.92 Å². The molecule has 0 saturated heterocycles. The second-order valence-corrected chi connectivity index (χ2v) is 3.37. The number of rotatable bonds is 1. The van der Waals surface area contributed by atoms with Crippen molar-refractivity contribution in [2.45, 2.75) is 20.8 Å². The van der Waals surface area contributed by atoms with Gasteiger partial charge in [-0.05, 0) is 17.6 Å².